The highest BCUT2D eigenvalue weighted by Gasteiger charge is 2.55. The van der Waals surface area contributed by atoms with Gasteiger partial charge in [0.1, 0.15) is 0 Å². The lowest BCUT2D eigenvalue weighted by Gasteiger charge is -2.61. The average Bonchev–Trinajstić information content (AvgIpc) is 2.24. The van der Waals surface area contributed by atoms with Crippen LogP contribution >= 0.6 is 0 Å². The molecule has 4 fully saturated rings. The van der Waals surface area contributed by atoms with E-state index in [9.17, 15) is 0 Å². The van der Waals surface area contributed by atoms with E-state index in [1.54, 1.807) is 6.42 Å². The molecule has 4 aliphatic rings. The van der Waals surface area contributed by atoms with Crippen molar-refractivity contribution < 1.29 is 0 Å². The van der Waals surface area contributed by atoms with E-state index in [-0.39, 0.29) is 0 Å². The maximum absolute atomic E-state index is 3.75. The van der Waals surface area contributed by atoms with Gasteiger partial charge in [-0.25, -0.2) is 0 Å². The van der Waals surface area contributed by atoms with Crippen LogP contribution in [0, 0.1) is 22.7 Å². The second-order valence-corrected chi connectivity index (χ2v) is 8.56. The molecule has 0 radical (unpaired) electrons. The van der Waals surface area contributed by atoms with Gasteiger partial charge in [0.05, 0.1) is 0 Å². The lowest BCUT2D eigenvalue weighted by molar-refractivity contribution is -0.0997. The summed E-state index contributed by atoms with van der Waals surface area (Å²) in [5, 5.41) is 7.25. The molecule has 0 aliphatic heterocycles. The Morgan fingerprint density at radius 3 is 2.32 bits per heavy atom. The Labute approximate surface area is 119 Å². The van der Waals surface area contributed by atoms with Crippen molar-refractivity contribution in [3.63, 3.8) is 0 Å². The molecule has 2 unspecified atom stereocenters. The monoisotopic (exact) mass is 264 g/mol. The molecule has 2 nitrogen and oxygen atoms in total. The topological polar surface area (TPSA) is 24.1 Å². The van der Waals surface area contributed by atoms with Crippen LogP contribution in [0.5, 0.6) is 0 Å². The van der Waals surface area contributed by atoms with Gasteiger partial charge in [-0.15, -0.1) is 0 Å². The van der Waals surface area contributed by atoms with E-state index < -0.39 is 0 Å². The molecule has 0 aromatic carbocycles. The summed E-state index contributed by atoms with van der Waals surface area (Å²) >= 11 is 0. The molecule has 19 heavy (non-hydrogen) atoms. The summed E-state index contributed by atoms with van der Waals surface area (Å²) in [7, 11) is 0. The number of rotatable bonds is 6. The second-order valence-electron chi connectivity index (χ2n) is 8.56. The highest BCUT2D eigenvalue weighted by Crippen LogP contribution is 2.64. The third-order valence-corrected chi connectivity index (χ3v) is 5.83. The summed E-state index contributed by atoms with van der Waals surface area (Å²) < 4.78 is 0. The van der Waals surface area contributed by atoms with E-state index in [0.717, 1.165) is 24.9 Å². The first kappa shape index (κ1) is 13.9. The maximum atomic E-state index is 3.75. The van der Waals surface area contributed by atoms with Crippen LogP contribution in [0.4, 0.5) is 0 Å². The van der Waals surface area contributed by atoms with Crippen molar-refractivity contribution in [1.82, 2.24) is 10.6 Å². The fourth-order valence-electron chi connectivity index (χ4n) is 5.94. The van der Waals surface area contributed by atoms with Crippen LogP contribution in [0.3, 0.4) is 0 Å². The molecule has 2 heteroatoms. The van der Waals surface area contributed by atoms with Gasteiger partial charge in [-0.3, -0.25) is 0 Å². The van der Waals surface area contributed by atoms with Crippen molar-refractivity contribution >= 4 is 0 Å². The maximum Gasteiger partial charge on any atom is 0.00790 e. The molecule has 4 aliphatic carbocycles. The van der Waals surface area contributed by atoms with E-state index in [0.29, 0.717) is 16.9 Å². The zero-order valence-corrected chi connectivity index (χ0v) is 13.1. The van der Waals surface area contributed by atoms with Crippen LogP contribution in [-0.4, -0.2) is 25.7 Å². The normalized spacial score (nSPS) is 44.2. The van der Waals surface area contributed by atoms with Crippen molar-refractivity contribution in [2.45, 2.75) is 65.3 Å². The molecular formula is C17H32N2. The number of hydrogen-bond acceptors (Lipinski definition) is 2. The van der Waals surface area contributed by atoms with Crippen molar-refractivity contribution in [2.75, 3.05) is 19.6 Å². The van der Waals surface area contributed by atoms with Crippen LogP contribution in [0.25, 0.3) is 0 Å². The molecule has 0 saturated heterocycles. The van der Waals surface area contributed by atoms with Crippen LogP contribution in [0.1, 0.15) is 59.3 Å². The zero-order chi connectivity index (χ0) is 13.5. The molecule has 4 saturated carbocycles. The van der Waals surface area contributed by atoms with E-state index in [2.05, 4.69) is 31.4 Å². The Bertz CT molecular complexity index is 309. The molecule has 2 atom stereocenters. The molecular weight excluding hydrogens is 232 g/mol. The van der Waals surface area contributed by atoms with Crippen LogP contribution in [0.15, 0.2) is 0 Å². The summed E-state index contributed by atoms with van der Waals surface area (Å²) in [6.07, 6.45) is 9.14. The minimum Gasteiger partial charge on any atom is -0.315 e. The van der Waals surface area contributed by atoms with Crippen molar-refractivity contribution in [3.05, 3.63) is 0 Å². The van der Waals surface area contributed by atoms with Crippen molar-refractivity contribution in [1.29, 1.82) is 0 Å². The van der Waals surface area contributed by atoms with Gasteiger partial charge >= 0.3 is 0 Å². The third kappa shape index (κ3) is 3.00. The van der Waals surface area contributed by atoms with Crippen LogP contribution in [0.2, 0.25) is 0 Å². The SMILES string of the molecule is CC(C)NCCNCC12CC3CC(CC(C)(C3)C1)C2. The minimum atomic E-state index is 0.611. The fourth-order valence-corrected chi connectivity index (χ4v) is 5.94. The van der Waals surface area contributed by atoms with Gasteiger partial charge in [0.25, 0.3) is 0 Å². The molecule has 2 N–H and O–H groups in total. The Morgan fingerprint density at radius 1 is 1.05 bits per heavy atom. The predicted molar refractivity (Wildman–Crippen MR) is 81.2 cm³/mol. The largest absolute Gasteiger partial charge is 0.315 e. The summed E-state index contributed by atoms with van der Waals surface area (Å²) in [5.74, 6) is 2.11. The lowest BCUT2D eigenvalue weighted by atomic mass is 9.44. The van der Waals surface area contributed by atoms with Gasteiger partial charge < -0.3 is 10.6 Å². The van der Waals surface area contributed by atoms with E-state index in [1.807, 2.05) is 0 Å². The molecule has 0 aromatic rings. The van der Waals surface area contributed by atoms with Gasteiger partial charge in [-0.1, -0.05) is 20.8 Å². The van der Waals surface area contributed by atoms with Crippen molar-refractivity contribution in [2.24, 2.45) is 22.7 Å². The average molecular weight is 264 g/mol. The zero-order valence-electron chi connectivity index (χ0n) is 13.1. The van der Waals surface area contributed by atoms with Gasteiger partial charge in [-0.2, -0.15) is 0 Å². The summed E-state index contributed by atoms with van der Waals surface area (Å²) in [6.45, 7) is 10.5. The summed E-state index contributed by atoms with van der Waals surface area (Å²) in [4.78, 5) is 0. The Balaban J connectivity index is 1.50. The highest BCUT2D eigenvalue weighted by molar-refractivity contribution is 5.06. The van der Waals surface area contributed by atoms with Gasteiger partial charge in [0, 0.05) is 25.7 Å². The fraction of sp³-hybridized carbons (Fsp3) is 1.00. The third-order valence-electron chi connectivity index (χ3n) is 5.83. The molecule has 4 bridgehead atoms. The number of nitrogens with one attached hydrogen (secondary N) is 2. The first-order chi connectivity index (χ1) is 8.99. The molecule has 0 spiro atoms. The smallest absolute Gasteiger partial charge is 0.00790 e. The predicted octanol–water partition coefficient (Wildman–Crippen LogP) is 3.18. The van der Waals surface area contributed by atoms with E-state index in [4.69, 9.17) is 0 Å². The van der Waals surface area contributed by atoms with Crippen molar-refractivity contribution in [3.8, 4) is 0 Å². The molecule has 0 aromatic heterocycles. The quantitative estimate of drug-likeness (QED) is 0.720. The molecule has 0 heterocycles. The minimum absolute atomic E-state index is 0.611. The van der Waals surface area contributed by atoms with Gasteiger partial charge in [0.15, 0.2) is 0 Å². The van der Waals surface area contributed by atoms with E-state index in [1.165, 1.54) is 38.6 Å². The van der Waals surface area contributed by atoms with Gasteiger partial charge in [0.2, 0.25) is 0 Å². The number of hydrogen-bond donors (Lipinski definition) is 2. The summed E-state index contributed by atoms with van der Waals surface area (Å²) in [5.41, 5.74) is 1.36. The Hall–Kier alpha value is -0.0800. The molecule has 110 valence electrons. The van der Waals surface area contributed by atoms with Gasteiger partial charge in [-0.05, 0) is 61.2 Å². The first-order valence-electron chi connectivity index (χ1n) is 8.43. The Morgan fingerprint density at radius 2 is 1.74 bits per heavy atom. The molecule has 4 rings (SSSR count). The van der Waals surface area contributed by atoms with Crippen LogP contribution in [-0.2, 0) is 0 Å². The first-order valence-corrected chi connectivity index (χ1v) is 8.43. The highest BCUT2D eigenvalue weighted by atomic mass is 15.0. The second kappa shape index (κ2) is 5.04. The standard InChI is InChI=1S/C17H32N2/c1-13(2)19-5-4-18-12-17-9-14-6-15(10-17)8-16(3,7-14)11-17/h13-15,18-19H,4-12H2,1-3H3. The van der Waals surface area contributed by atoms with E-state index >= 15 is 0 Å². The van der Waals surface area contributed by atoms with Crippen LogP contribution < -0.4 is 10.6 Å². The molecule has 0 amide bonds. The summed E-state index contributed by atoms with van der Waals surface area (Å²) in [6, 6.07) is 0.611. The Kier molecular flexibility index (Phi) is 3.68. The lowest BCUT2D eigenvalue weighted by Crippen LogP contribution is -2.54.